The summed E-state index contributed by atoms with van der Waals surface area (Å²) in [5.41, 5.74) is 4.36. The first-order chi connectivity index (χ1) is 7.13. The van der Waals surface area contributed by atoms with Crippen LogP contribution in [-0.2, 0) is 6.42 Å². The summed E-state index contributed by atoms with van der Waals surface area (Å²) in [5.74, 6) is 0.885. The predicted octanol–water partition coefficient (Wildman–Crippen LogP) is 4.67. The van der Waals surface area contributed by atoms with E-state index >= 15 is 0 Å². The minimum absolute atomic E-state index is 0.885. The van der Waals surface area contributed by atoms with Gasteiger partial charge in [-0.3, -0.25) is 0 Å². The molecule has 15 heavy (non-hydrogen) atoms. The molecule has 0 saturated carbocycles. The Balaban J connectivity index is 2.44. The highest BCUT2D eigenvalue weighted by molar-refractivity contribution is 5.30. The van der Waals surface area contributed by atoms with E-state index in [1.165, 1.54) is 42.4 Å². The highest BCUT2D eigenvalue weighted by Gasteiger charge is 2.01. The molecule has 1 atom stereocenters. The van der Waals surface area contributed by atoms with Crippen LogP contribution in [0.3, 0.4) is 0 Å². The van der Waals surface area contributed by atoms with Crippen molar-refractivity contribution in [2.75, 3.05) is 0 Å². The topological polar surface area (TPSA) is 0 Å². The van der Waals surface area contributed by atoms with Crippen molar-refractivity contribution in [3.63, 3.8) is 0 Å². The van der Waals surface area contributed by atoms with E-state index in [-0.39, 0.29) is 0 Å². The molecule has 0 heteroatoms. The van der Waals surface area contributed by atoms with Crippen molar-refractivity contribution >= 4 is 0 Å². The Morgan fingerprint density at radius 1 is 1.20 bits per heavy atom. The van der Waals surface area contributed by atoms with Crippen LogP contribution in [0.25, 0.3) is 0 Å². The minimum Gasteiger partial charge on any atom is -0.0651 e. The number of rotatable bonds is 5. The van der Waals surface area contributed by atoms with Crippen LogP contribution in [0.4, 0.5) is 0 Å². The molecule has 1 aromatic carbocycles. The van der Waals surface area contributed by atoms with Crippen molar-refractivity contribution in [2.24, 2.45) is 5.92 Å². The van der Waals surface area contributed by atoms with Crippen LogP contribution in [-0.4, -0.2) is 0 Å². The van der Waals surface area contributed by atoms with Crippen molar-refractivity contribution < 1.29 is 0 Å². The molecule has 84 valence electrons. The van der Waals surface area contributed by atoms with Crippen LogP contribution in [0.15, 0.2) is 18.2 Å². The van der Waals surface area contributed by atoms with Gasteiger partial charge in [-0.05, 0) is 43.7 Å². The van der Waals surface area contributed by atoms with Crippen molar-refractivity contribution in [1.82, 2.24) is 0 Å². The molecule has 0 aliphatic heterocycles. The smallest absolute Gasteiger partial charge is 0.0276 e. The summed E-state index contributed by atoms with van der Waals surface area (Å²) in [7, 11) is 0. The Morgan fingerprint density at radius 2 is 1.93 bits per heavy atom. The third kappa shape index (κ3) is 4.07. The molecule has 0 spiro atoms. The van der Waals surface area contributed by atoms with Gasteiger partial charge in [0.05, 0.1) is 0 Å². The van der Waals surface area contributed by atoms with Gasteiger partial charge in [-0.15, -0.1) is 0 Å². The second-order valence-corrected chi connectivity index (χ2v) is 4.84. The molecule has 1 aromatic rings. The van der Waals surface area contributed by atoms with E-state index in [1.807, 2.05) is 0 Å². The SMILES string of the molecule is CCC(C)CCCc1ccc(C)cc1C. The summed E-state index contributed by atoms with van der Waals surface area (Å²) in [4.78, 5) is 0. The maximum Gasteiger partial charge on any atom is -0.0276 e. The van der Waals surface area contributed by atoms with Crippen molar-refractivity contribution in [3.8, 4) is 0 Å². The Hall–Kier alpha value is -0.780. The van der Waals surface area contributed by atoms with Crippen LogP contribution in [0.2, 0.25) is 0 Å². The molecule has 0 bridgehead atoms. The lowest BCUT2D eigenvalue weighted by molar-refractivity contribution is 0.495. The molecule has 0 radical (unpaired) electrons. The number of benzene rings is 1. The first kappa shape index (κ1) is 12.3. The first-order valence-electron chi connectivity index (χ1n) is 6.19. The van der Waals surface area contributed by atoms with Crippen LogP contribution >= 0.6 is 0 Å². The number of hydrogen-bond acceptors (Lipinski definition) is 0. The van der Waals surface area contributed by atoms with E-state index in [4.69, 9.17) is 0 Å². The second kappa shape index (κ2) is 5.95. The van der Waals surface area contributed by atoms with Gasteiger partial charge in [0.2, 0.25) is 0 Å². The maximum atomic E-state index is 2.35. The summed E-state index contributed by atoms with van der Waals surface area (Å²) >= 11 is 0. The van der Waals surface area contributed by atoms with E-state index in [9.17, 15) is 0 Å². The summed E-state index contributed by atoms with van der Waals surface area (Å²) < 4.78 is 0. The largest absolute Gasteiger partial charge is 0.0651 e. The molecule has 0 N–H and O–H groups in total. The molecule has 0 aliphatic rings. The van der Waals surface area contributed by atoms with Gasteiger partial charge in [0.15, 0.2) is 0 Å². The molecule has 0 aliphatic carbocycles. The second-order valence-electron chi connectivity index (χ2n) is 4.84. The van der Waals surface area contributed by atoms with Gasteiger partial charge in [-0.25, -0.2) is 0 Å². The lowest BCUT2D eigenvalue weighted by Crippen LogP contribution is -1.95. The number of hydrogen-bond donors (Lipinski definition) is 0. The van der Waals surface area contributed by atoms with E-state index < -0.39 is 0 Å². The summed E-state index contributed by atoms with van der Waals surface area (Å²) in [6.45, 7) is 9.02. The molecule has 0 saturated heterocycles. The maximum absolute atomic E-state index is 2.35. The fourth-order valence-electron chi connectivity index (χ4n) is 1.97. The zero-order chi connectivity index (χ0) is 11.3. The van der Waals surface area contributed by atoms with Gasteiger partial charge >= 0.3 is 0 Å². The Morgan fingerprint density at radius 3 is 2.53 bits per heavy atom. The van der Waals surface area contributed by atoms with Gasteiger partial charge < -0.3 is 0 Å². The summed E-state index contributed by atoms with van der Waals surface area (Å²) in [5, 5.41) is 0. The molecule has 0 aromatic heterocycles. The van der Waals surface area contributed by atoms with Gasteiger partial charge in [0.25, 0.3) is 0 Å². The third-order valence-corrected chi connectivity index (χ3v) is 3.34. The van der Waals surface area contributed by atoms with E-state index in [2.05, 4.69) is 45.9 Å². The standard InChI is InChI=1S/C15H24/c1-5-12(2)7-6-8-15-10-9-13(3)11-14(15)4/h9-12H,5-8H2,1-4H3. The van der Waals surface area contributed by atoms with Crippen LogP contribution in [0.1, 0.15) is 49.8 Å². The first-order valence-corrected chi connectivity index (χ1v) is 6.19. The summed E-state index contributed by atoms with van der Waals surface area (Å²) in [6.07, 6.45) is 5.26. The van der Waals surface area contributed by atoms with Crippen molar-refractivity contribution in [1.29, 1.82) is 0 Å². The van der Waals surface area contributed by atoms with E-state index in [0.717, 1.165) is 5.92 Å². The fraction of sp³-hybridized carbons (Fsp3) is 0.600. The Bertz CT molecular complexity index is 299. The molecular formula is C15H24. The minimum atomic E-state index is 0.885. The monoisotopic (exact) mass is 204 g/mol. The highest BCUT2D eigenvalue weighted by Crippen LogP contribution is 2.16. The van der Waals surface area contributed by atoms with Gasteiger partial charge in [-0.2, -0.15) is 0 Å². The molecule has 0 nitrogen and oxygen atoms in total. The highest BCUT2D eigenvalue weighted by atomic mass is 14.1. The third-order valence-electron chi connectivity index (χ3n) is 3.34. The van der Waals surface area contributed by atoms with Crippen LogP contribution < -0.4 is 0 Å². The number of aryl methyl sites for hydroxylation is 3. The normalized spacial score (nSPS) is 12.8. The van der Waals surface area contributed by atoms with Gasteiger partial charge in [-0.1, -0.05) is 50.5 Å². The summed E-state index contributed by atoms with van der Waals surface area (Å²) in [6, 6.07) is 6.81. The van der Waals surface area contributed by atoms with Crippen molar-refractivity contribution in [3.05, 3.63) is 34.9 Å². The van der Waals surface area contributed by atoms with Crippen LogP contribution in [0.5, 0.6) is 0 Å². The quantitative estimate of drug-likeness (QED) is 0.653. The Labute approximate surface area is 94.7 Å². The molecular weight excluding hydrogens is 180 g/mol. The lowest BCUT2D eigenvalue weighted by atomic mass is 9.96. The predicted molar refractivity (Wildman–Crippen MR) is 68.3 cm³/mol. The molecule has 1 unspecified atom stereocenters. The zero-order valence-electron chi connectivity index (χ0n) is 10.6. The Kier molecular flexibility index (Phi) is 4.87. The van der Waals surface area contributed by atoms with Gasteiger partial charge in [0, 0.05) is 0 Å². The van der Waals surface area contributed by atoms with E-state index in [1.54, 1.807) is 0 Å². The molecule has 0 amide bonds. The lowest BCUT2D eigenvalue weighted by Gasteiger charge is -2.09. The zero-order valence-corrected chi connectivity index (χ0v) is 10.6. The molecule has 0 heterocycles. The fourth-order valence-corrected chi connectivity index (χ4v) is 1.97. The van der Waals surface area contributed by atoms with Gasteiger partial charge in [0.1, 0.15) is 0 Å². The average Bonchev–Trinajstić information content (AvgIpc) is 2.21. The van der Waals surface area contributed by atoms with Crippen molar-refractivity contribution in [2.45, 2.75) is 53.4 Å². The molecule has 1 rings (SSSR count). The van der Waals surface area contributed by atoms with E-state index in [0.29, 0.717) is 0 Å². The molecule has 0 fully saturated rings. The van der Waals surface area contributed by atoms with Crippen LogP contribution in [0, 0.1) is 19.8 Å². The average molecular weight is 204 g/mol.